The minimum Gasteiger partial charge on any atom is -0.484 e. The molecule has 1 atom stereocenters. The summed E-state index contributed by atoms with van der Waals surface area (Å²) in [5, 5.41) is 2.95. The summed E-state index contributed by atoms with van der Waals surface area (Å²) in [7, 11) is 0. The van der Waals surface area contributed by atoms with Crippen molar-refractivity contribution < 1.29 is 9.53 Å². The number of aryl methyl sites for hydroxylation is 2. The maximum Gasteiger partial charge on any atom is 0.257 e. The molecule has 0 saturated carbocycles. The van der Waals surface area contributed by atoms with Crippen LogP contribution in [0, 0.1) is 13.8 Å². The molecule has 1 amide bonds. The van der Waals surface area contributed by atoms with E-state index in [1.165, 1.54) is 31.4 Å². The van der Waals surface area contributed by atoms with Gasteiger partial charge in [0.25, 0.3) is 5.91 Å². The van der Waals surface area contributed by atoms with Gasteiger partial charge in [-0.25, -0.2) is 0 Å². The lowest BCUT2D eigenvalue weighted by atomic mass is 10.0. The van der Waals surface area contributed by atoms with Gasteiger partial charge >= 0.3 is 0 Å². The Hall–Kier alpha value is -1.55. The Morgan fingerprint density at radius 1 is 1.35 bits per heavy atom. The van der Waals surface area contributed by atoms with E-state index >= 15 is 0 Å². The Kier molecular flexibility index (Phi) is 6.90. The van der Waals surface area contributed by atoms with Gasteiger partial charge in [-0.1, -0.05) is 24.1 Å². The largest absolute Gasteiger partial charge is 0.484 e. The molecule has 0 aliphatic carbocycles. The van der Waals surface area contributed by atoms with E-state index < -0.39 is 0 Å². The summed E-state index contributed by atoms with van der Waals surface area (Å²) >= 11 is 0. The quantitative estimate of drug-likeness (QED) is 0.786. The first-order valence-electron chi connectivity index (χ1n) is 8.77. The predicted molar refractivity (Wildman–Crippen MR) is 93.9 cm³/mol. The molecular formula is C19H30N2O2. The van der Waals surface area contributed by atoms with Gasteiger partial charge in [-0.05, 0) is 58.2 Å². The van der Waals surface area contributed by atoms with Crippen LogP contribution in [0.1, 0.15) is 43.7 Å². The first kappa shape index (κ1) is 17.8. The zero-order chi connectivity index (χ0) is 16.7. The van der Waals surface area contributed by atoms with Crippen LogP contribution in [0.25, 0.3) is 0 Å². The van der Waals surface area contributed by atoms with E-state index in [1.807, 2.05) is 26.0 Å². The Bertz CT molecular complexity index is 516. The van der Waals surface area contributed by atoms with Crippen molar-refractivity contribution in [2.45, 2.75) is 52.5 Å². The number of benzene rings is 1. The number of likely N-dealkylation sites (tertiary alicyclic amines) is 1. The summed E-state index contributed by atoms with van der Waals surface area (Å²) in [6, 6.07) is 6.68. The molecule has 1 aliphatic heterocycles. The molecule has 1 aliphatic rings. The van der Waals surface area contributed by atoms with E-state index in [0.717, 1.165) is 30.8 Å². The molecule has 0 bridgehead atoms. The van der Waals surface area contributed by atoms with E-state index in [2.05, 4.69) is 23.2 Å². The highest BCUT2D eigenvalue weighted by molar-refractivity contribution is 5.77. The number of ether oxygens (including phenoxy) is 1. The van der Waals surface area contributed by atoms with Crippen LogP contribution in [0.2, 0.25) is 0 Å². The predicted octanol–water partition coefficient (Wildman–Crippen LogP) is 3.06. The number of hydrogen-bond acceptors (Lipinski definition) is 3. The average Bonchev–Trinajstić information content (AvgIpc) is 2.52. The fourth-order valence-corrected chi connectivity index (χ4v) is 3.16. The van der Waals surface area contributed by atoms with Crippen molar-refractivity contribution in [3.8, 4) is 5.75 Å². The van der Waals surface area contributed by atoms with Crippen LogP contribution < -0.4 is 10.1 Å². The van der Waals surface area contributed by atoms with Crippen molar-refractivity contribution in [3.63, 3.8) is 0 Å². The summed E-state index contributed by atoms with van der Waals surface area (Å²) in [5.74, 6) is 0.740. The molecule has 1 aromatic rings. The molecule has 4 heteroatoms. The number of rotatable bonds is 7. The average molecular weight is 318 g/mol. The summed E-state index contributed by atoms with van der Waals surface area (Å²) < 4.78 is 5.60. The minimum atomic E-state index is -0.0448. The highest BCUT2D eigenvalue weighted by Gasteiger charge is 2.17. The topological polar surface area (TPSA) is 41.6 Å². The smallest absolute Gasteiger partial charge is 0.257 e. The minimum absolute atomic E-state index is 0.0448. The normalized spacial score (nSPS) is 18.7. The third kappa shape index (κ3) is 5.87. The number of hydrogen-bond donors (Lipinski definition) is 1. The van der Waals surface area contributed by atoms with Gasteiger partial charge in [0.1, 0.15) is 5.75 Å². The number of carbonyl (C=O) groups is 1. The molecule has 1 aromatic carbocycles. The molecule has 0 spiro atoms. The Labute approximate surface area is 140 Å². The molecule has 4 nitrogen and oxygen atoms in total. The summed E-state index contributed by atoms with van der Waals surface area (Å²) in [5.41, 5.74) is 2.27. The van der Waals surface area contributed by atoms with Gasteiger partial charge < -0.3 is 15.0 Å². The van der Waals surface area contributed by atoms with Crippen molar-refractivity contribution in [1.82, 2.24) is 10.2 Å². The number of carbonyl (C=O) groups excluding carboxylic acids is 1. The second kappa shape index (κ2) is 8.92. The molecule has 0 aromatic heterocycles. The van der Waals surface area contributed by atoms with Crippen LogP contribution in [-0.2, 0) is 4.79 Å². The van der Waals surface area contributed by atoms with E-state index in [-0.39, 0.29) is 12.5 Å². The van der Waals surface area contributed by atoms with Crippen LogP contribution in [0.5, 0.6) is 5.75 Å². The molecule has 1 heterocycles. The lowest BCUT2D eigenvalue weighted by Crippen LogP contribution is -2.39. The molecule has 1 fully saturated rings. The summed E-state index contributed by atoms with van der Waals surface area (Å²) in [6.07, 6.45) is 4.96. The lowest BCUT2D eigenvalue weighted by Gasteiger charge is -2.33. The second-order valence-corrected chi connectivity index (χ2v) is 6.64. The Morgan fingerprint density at radius 2 is 2.17 bits per heavy atom. The van der Waals surface area contributed by atoms with Crippen molar-refractivity contribution in [1.29, 1.82) is 0 Å². The third-order valence-electron chi connectivity index (χ3n) is 4.57. The van der Waals surface area contributed by atoms with Crippen LogP contribution in [0.4, 0.5) is 0 Å². The molecule has 1 N–H and O–H groups in total. The zero-order valence-electron chi connectivity index (χ0n) is 14.7. The maximum absolute atomic E-state index is 11.9. The highest BCUT2D eigenvalue weighted by Crippen LogP contribution is 2.18. The molecule has 0 radical (unpaired) electrons. The molecular weight excluding hydrogens is 288 g/mol. The van der Waals surface area contributed by atoms with Crippen LogP contribution >= 0.6 is 0 Å². The monoisotopic (exact) mass is 318 g/mol. The maximum atomic E-state index is 11.9. The van der Waals surface area contributed by atoms with Gasteiger partial charge in [-0.15, -0.1) is 0 Å². The van der Waals surface area contributed by atoms with Crippen LogP contribution in [-0.4, -0.2) is 43.1 Å². The first-order chi connectivity index (χ1) is 11.1. The lowest BCUT2D eigenvalue weighted by molar-refractivity contribution is -0.123. The molecule has 23 heavy (non-hydrogen) atoms. The zero-order valence-corrected chi connectivity index (χ0v) is 14.7. The fraction of sp³-hybridized carbons (Fsp3) is 0.632. The van der Waals surface area contributed by atoms with Gasteiger partial charge in [-0.2, -0.15) is 0 Å². The highest BCUT2D eigenvalue weighted by atomic mass is 16.5. The third-order valence-corrected chi connectivity index (χ3v) is 4.57. The second-order valence-electron chi connectivity index (χ2n) is 6.64. The van der Waals surface area contributed by atoms with E-state index in [1.54, 1.807) is 0 Å². The number of nitrogens with zero attached hydrogens (tertiary/aromatic N) is 1. The summed E-state index contributed by atoms with van der Waals surface area (Å²) in [6.45, 7) is 9.43. The van der Waals surface area contributed by atoms with Crippen molar-refractivity contribution in [2.24, 2.45) is 0 Å². The van der Waals surface area contributed by atoms with Crippen molar-refractivity contribution in [3.05, 3.63) is 29.3 Å². The van der Waals surface area contributed by atoms with Gasteiger partial charge in [0.2, 0.25) is 0 Å². The molecule has 1 saturated heterocycles. The molecule has 2 rings (SSSR count). The van der Waals surface area contributed by atoms with Crippen molar-refractivity contribution in [2.75, 3.05) is 26.2 Å². The van der Waals surface area contributed by atoms with Gasteiger partial charge in [0.15, 0.2) is 6.61 Å². The number of piperidine rings is 1. The van der Waals surface area contributed by atoms with Crippen molar-refractivity contribution >= 4 is 5.91 Å². The van der Waals surface area contributed by atoms with Gasteiger partial charge in [0.05, 0.1) is 0 Å². The van der Waals surface area contributed by atoms with Gasteiger partial charge in [0, 0.05) is 19.1 Å². The Morgan fingerprint density at radius 3 is 2.91 bits per heavy atom. The SMILES string of the molecule is Cc1ccc(OCC(=O)NCCCN2CCCCC2C)c(C)c1. The molecule has 1 unspecified atom stereocenters. The Balaban J connectivity index is 1.61. The first-order valence-corrected chi connectivity index (χ1v) is 8.77. The number of amides is 1. The standard InChI is InChI=1S/C19H30N2O2/c1-15-8-9-18(16(2)13-15)23-14-19(22)20-10-6-12-21-11-5-4-7-17(21)3/h8-9,13,17H,4-7,10-12,14H2,1-3H3,(H,20,22). The van der Waals surface area contributed by atoms with Gasteiger partial charge in [-0.3, -0.25) is 4.79 Å². The van der Waals surface area contributed by atoms with E-state index in [4.69, 9.17) is 4.74 Å². The van der Waals surface area contributed by atoms with Crippen LogP contribution in [0.3, 0.4) is 0 Å². The summed E-state index contributed by atoms with van der Waals surface area (Å²) in [4.78, 5) is 14.4. The van der Waals surface area contributed by atoms with Crippen LogP contribution in [0.15, 0.2) is 18.2 Å². The number of nitrogens with one attached hydrogen (secondary N) is 1. The van der Waals surface area contributed by atoms with E-state index in [0.29, 0.717) is 6.04 Å². The molecule has 128 valence electrons. The fourth-order valence-electron chi connectivity index (χ4n) is 3.16. The van der Waals surface area contributed by atoms with E-state index in [9.17, 15) is 4.79 Å².